The van der Waals surface area contributed by atoms with E-state index in [1.165, 1.54) is 0 Å². The smallest absolute Gasteiger partial charge is 0.415 e. The van der Waals surface area contributed by atoms with Crippen molar-refractivity contribution in [1.82, 2.24) is 4.98 Å². The highest BCUT2D eigenvalue weighted by molar-refractivity contribution is 6.16. The van der Waals surface area contributed by atoms with E-state index in [-0.39, 0.29) is 6.09 Å². The van der Waals surface area contributed by atoms with E-state index in [0.29, 0.717) is 24.7 Å². The van der Waals surface area contributed by atoms with Crippen LogP contribution < -0.4 is 9.64 Å². The molecule has 6 heteroatoms. The second-order valence-electron chi connectivity index (χ2n) is 7.72. The topological polar surface area (TPSA) is 64.0 Å². The van der Waals surface area contributed by atoms with Crippen molar-refractivity contribution in [3.05, 3.63) is 47.2 Å². The molecule has 162 valence electrons. The molecule has 0 N–H and O–H groups in total. The van der Waals surface area contributed by atoms with Crippen LogP contribution >= 0.6 is 0 Å². The molecule has 0 atom stereocenters. The molecule has 1 amide bonds. The number of aliphatic imine (C=N–C) groups is 1. The van der Waals surface area contributed by atoms with E-state index in [1.54, 1.807) is 18.1 Å². The fourth-order valence-electron chi connectivity index (χ4n) is 3.28. The molecule has 3 rings (SSSR count). The molecule has 1 aromatic heterocycles. The first kappa shape index (κ1) is 23.4. The molecule has 0 spiro atoms. The van der Waals surface area contributed by atoms with Gasteiger partial charge in [-0.2, -0.15) is 0 Å². The highest BCUT2D eigenvalue weighted by Gasteiger charge is 2.31. The maximum absolute atomic E-state index is 12.8. The predicted octanol–water partition coefficient (Wildman–Crippen LogP) is 5.52. The Morgan fingerprint density at radius 2 is 2.00 bits per heavy atom. The van der Waals surface area contributed by atoms with Crippen LogP contribution in [0.15, 0.2) is 41.1 Å². The van der Waals surface area contributed by atoms with Crippen LogP contribution in [0.5, 0.6) is 5.88 Å². The van der Waals surface area contributed by atoms with E-state index in [9.17, 15) is 4.79 Å². The van der Waals surface area contributed by atoms with Crippen LogP contribution in [0.3, 0.4) is 0 Å². The summed E-state index contributed by atoms with van der Waals surface area (Å²) < 4.78 is 11.3. The molecule has 0 radical (unpaired) electrons. The molecule has 0 saturated carbocycles. The molecule has 0 fully saturated rings. The number of ether oxygens (including phenoxy) is 2. The summed E-state index contributed by atoms with van der Waals surface area (Å²) in [7, 11) is 1.78. The molecule has 0 bridgehead atoms. The van der Waals surface area contributed by atoms with Crippen LogP contribution in [0.2, 0.25) is 0 Å². The van der Waals surface area contributed by atoms with Gasteiger partial charge in [0.2, 0.25) is 5.88 Å². The number of aromatic nitrogens is 1. The second-order valence-corrected chi connectivity index (χ2v) is 7.72. The maximum atomic E-state index is 12.8. The van der Waals surface area contributed by atoms with E-state index in [4.69, 9.17) is 9.47 Å². The van der Waals surface area contributed by atoms with E-state index >= 15 is 0 Å². The second kappa shape index (κ2) is 9.74. The molecule has 0 aromatic carbocycles. The third-order valence-electron chi connectivity index (χ3n) is 4.60. The largest absolute Gasteiger partial charge is 0.474 e. The van der Waals surface area contributed by atoms with Gasteiger partial charge >= 0.3 is 6.09 Å². The molecule has 1 aliphatic heterocycles. The Kier molecular flexibility index (Phi) is 7.59. The third-order valence-corrected chi connectivity index (χ3v) is 4.60. The van der Waals surface area contributed by atoms with Crippen molar-refractivity contribution < 1.29 is 14.3 Å². The lowest BCUT2D eigenvalue weighted by Crippen LogP contribution is -2.42. The minimum Gasteiger partial charge on any atom is -0.474 e. The maximum Gasteiger partial charge on any atom is 0.415 e. The number of fused-ring (bicyclic) bond motifs is 1. The number of rotatable bonds is 1. The van der Waals surface area contributed by atoms with Gasteiger partial charge in [-0.05, 0) is 57.4 Å². The lowest BCUT2D eigenvalue weighted by atomic mass is 9.93. The minimum atomic E-state index is -0.571. The van der Waals surface area contributed by atoms with Gasteiger partial charge in [-0.1, -0.05) is 32.1 Å². The quantitative estimate of drug-likeness (QED) is 0.610. The average molecular weight is 412 g/mol. The summed E-state index contributed by atoms with van der Waals surface area (Å²) in [5.41, 5.74) is 4.94. The Hall–Kier alpha value is -2.89. The summed E-state index contributed by atoms with van der Waals surface area (Å²) in [6.45, 7) is 14.3. The fraction of sp³-hybridized carbons (Fsp3) is 0.458. The molecule has 0 unspecified atom stereocenters. The van der Waals surface area contributed by atoms with Gasteiger partial charge in [-0.25, -0.2) is 9.78 Å². The molecule has 2 aliphatic rings. The number of hydrogen-bond acceptors (Lipinski definition) is 5. The van der Waals surface area contributed by atoms with Crippen molar-refractivity contribution >= 4 is 23.1 Å². The zero-order valence-corrected chi connectivity index (χ0v) is 19.4. The Morgan fingerprint density at radius 3 is 2.60 bits per heavy atom. The SMILES string of the molecule is C/C=C1/C=CC(c2cnc3c(c2C)N(C(=O)OC(C)(C)C)CCO3)=CC1=NC.CC. The number of hydrogen-bond donors (Lipinski definition) is 0. The number of anilines is 1. The van der Waals surface area contributed by atoms with Gasteiger partial charge in [0.1, 0.15) is 17.9 Å². The number of carbonyl (C=O) groups is 1. The van der Waals surface area contributed by atoms with E-state index < -0.39 is 5.60 Å². The Morgan fingerprint density at radius 1 is 1.30 bits per heavy atom. The predicted molar refractivity (Wildman–Crippen MR) is 124 cm³/mol. The molecule has 0 saturated heterocycles. The first-order valence-electron chi connectivity index (χ1n) is 10.4. The molecular weight excluding hydrogens is 378 g/mol. The molecule has 30 heavy (non-hydrogen) atoms. The van der Waals surface area contributed by atoms with Crippen molar-refractivity contribution in [3.63, 3.8) is 0 Å². The van der Waals surface area contributed by atoms with E-state index in [0.717, 1.165) is 28.0 Å². The fourth-order valence-corrected chi connectivity index (χ4v) is 3.28. The van der Waals surface area contributed by atoms with Gasteiger partial charge in [-0.3, -0.25) is 9.89 Å². The van der Waals surface area contributed by atoms with Crippen molar-refractivity contribution in [3.8, 4) is 5.88 Å². The normalized spacial score (nSPS) is 18.3. The lowest BCUT2D eigenvalue weighted by molar-refractivity contribution is 0.0566. The molecule has 6 nitrogen and oxygen atoms in total. The zero-order valence-electron chi connectivity index (χ0n) is 19.4. The van der Waals surface area contributed by atoms with Crippen molar-refractivity contribution in [2.75, 3.05) is 25.1 Å². The number of allylic oxidation sites excluding steroid dienone is 6. The van der Waals surface area contributed by atoms with Crippen LogP contribution in [-0.4, -0.2) is 42.6 Å². The Bertz CT molecular complexity index is 918. The number of nitrogens with zero attached hydrogens (tertiary/aromatic N) is 3. The third kappa shape index (κ3) is 4.99. The van der Waals surface area contributed by atoms with Crippen LogP contribution in [0.25, 0.3) is 5.57 Å². The summed E-state index contributed by atoms with van der Waals surface area (Å²) in [6.07, 6.45) is 9.55. The van der Waals surface area contributed by atoms with Crippen molar-refractivity contribution in [2.45, 2.75) is 54.1 Å². The summed E-state index contributed by atoms with van der Waals surface area (Å²) in [5, 5.41) is 0. The highest BCUT2D eigenvalue weighted by Crippen LogP contribution is 2.38. The summed E-state index contributed by atoms with van der Waals surface area (Å²) in [4.78, 5) is 23.2. The van der Waals surface area contributed by atoms with Gasteiger partial charge in [0.25, 0.3) is 0 Å². The van der Waals surface area contributed by atoms with E-state index in [2.05, 4.69) is 9.98 Å². The van der Waals surface area contributed by atoms with Crippen LogP contribution in [0.4, 0.5) is 10.5 Å². The van der Waals surface area contributed by atoms with Gasteiger partial charge < -0.3 is 9.47 Å². The van der Waals surface area contributed by atoms with Crippen molar-refractivity contribution in [2.24, 2.45) is 4.99 Å². The summed E-state index contributed by atoms with van der Waals surface area (Å²) in [6, 6.07) is 0. The number of pyridine rings is 1. The first-order valence-corrected chi connectivity index (χ1v) is 10.4. The monoisotopic (exact) mass is 411 g/mol. The van der Waals surface area contributed by atoms with Gasteiger partial charge in [0.05, 0.1) is 12.3 Å². The summed E-state index contributed by atoms with van der Waals surface area (Å²) >= 11 is 0. The molecule has 2 heterocycles. The average Bonchev–Trinajstić information content (AvgIpc) is 2.73. The molecule has 1 aliphatic carbocycles. The van der Waals surface area contributed by atoms with Gasteiger partial charge in [0, 0.05) is 18.8 Å². The van der Waals surface area contributed by atoms with Gasteiger partial charge in [-0.15, -0.1) is 0 Å². The van der Waals surface area contributed by atoms with Crippen LogP contribution in [-0.2, 0) is 4.74 Å². The molecule has 1 aromatic rings. The minimum absolute atomic E-state index is 0.387. The van der Waals surface area contributed by atoms with Crippen LogP contribution in [0.1, 0.15) is 52.7 Å². The van der Waals surface area contributed by atoms with Crippen LogP contribution in [0, 0.1) is 6.92 Å². The van der Waals surface area contributed by atoms with Crippen molar-refractivity contribution in [1.29, 1.82) is 0 Å². The highest BCUT2D eigenvalue weighted by atomic mass is 16.6. The Labute approximate surface area is 180 Å². The number of carbonyl (C=O) groups excluding carboxylic acids is 1. The zero-order chi connectivity index (χ0) is 22.5. The van der Waals surface area contributed by atoms with Gasteiger partial charge in [0.15, 0.2) is 0 Å². The first-order chi connectivity index (χ1) is 14.2. The number of amides is 1. The molecular formula is C24H33N3O3. The lowest BCUT2D eigenvalue weighted by Gasteiger charge is -2.32. The van der Waals surface area contributed by atoms with E-state index in [1.807, 2.05) is 72.8 Å². The standard InChI is InChI=1S/C22H27N3O3.C2H6/c1-7-15-8-9-16(12-18(15)23-6)17-13-24-20-19(14(17)2)25(10-11-27-20)21(26)28-22(3,4)5;1-2/h7-9,12-13H,10-11H2,1-6H3;1-2H3/b15-7-,23-18?;. The summed E-state index contributed by atoms with van der Waals surface area (Å²) in [5.74, 6) is 0.456. The Balaban J connectivity index is 0.00000155.